The number of nitrogens with zero attached hydrogens (tertiary/aromatic N) is 1. The molecule has 0 saturated carbocycles. The van der Waals surface area contributed by atoms with Crippen LogP contribution in [-0.4, -0.2) is 4.57 Å². The van der Waals surface area contributed by atoms with Crippen LogP contribution in [0.1, 0.15) is 25.0 Å². The lowest BCUT2D eigenvalue weighted by Gasteiger charge is -2.22. The lowest BCUT2D eigenvalue weighted by Crippen LogP contribution is -2.14. The van der Waals surface area contributed by atoms with E-state index in [4.69, 9.17) is 0 Å². The molecule has 1 aliphatic carbocycles. The summed E-state index contributed by atoms with van der Waals surface area (Å²) in [4.78, 5) is 2.68. The molecule has 2 aromatic heterocycles. The van der Waals surface area contributed by atoms with Crippen molar-refractivity contribution in [3.8, 4) is 16.8 Å². The Labute approximate surface area is 239 Å². The molecule has 8 aromatic rings. The third-order valence-corrected chi connectivity index (χ3v) is 11.5. The summed E-state index contributed by atoms with van der Waals surface area (Å²) in [6.45, 7) is 4.78. The highest BCUT2D eigenvalue weighted by Gasteiger charge is 2.37. The van der Waals surface area contributed by atoms with Gasteiger partial charge in [0.2, 0.25) is 0 Å². The molecule has 1 nitrogen and oxygen atoms in total. The SMILES string of the molecule is CC1(C)c2ccccc2-c2cc3c(cc21)c1c2c(cc4c1n3-c1cc3ccccc3cc1S4)sc1ccccc12. The van der Waals surface area contributed by atoms with Crippen LogP contribution in [-0.2, 0) is 5.41 Å². The Hall–Kier alpha value is -4.05. The minimum absolute atomic E-state index is 0.0367. The van der Waals surface area contributed by atoms with Gasteiger partial charge in [0.1, 0.15) is 0 Å². The zero-order valence-electron chi connectivity index (χ0n) is 22.1. The number of rotatable bonds is 0. The molecule has 0 saturated heterocycles. The van der Waals surface area contributed by atoms with Gasteiger partial charge in [0.05, 0.1) is 16.7 Å². The lowest BCUT2D eigenvalue weighted by molar-refractivity contribution is 0.661. The molecule has 3 heteroatoms. The third kappa shape index (κ3) is 2.52. The van der Waals surface area contributed by atoms with E-state index in [1.165, 1.54) is 90.5 Å². The van der Waals surface area contributed by atoms with Crippen molar-refractivity contribution in [2.24, 2.45) is 0 Å². The standard InChI is InChI=1S/C37H23NS2/c1-37(2)26-13-7-5-11-22(26)24-18-28-25(17-27(24)37)35-34-23-12-6-8-14-30(23)39-32(34)19-33-36(35)38(28)29-15-20-9-3-4-10-21(20)16-31(29)40-33/h3-19H,1-2H3. The molecule has 40 heavy (non-hydrogen) atoms. The molecule has 0 radical (unpaired) electrons. The Balaban J connectivity index is 1.46. The van der Waals surface area contributed by atoms with Crippen LogP contribution in [0.4, 0.5) is 0 Å². The fourth-order valence-electron chi connectivity index (χ4n) is 7.49. The maximum absolute atomic E-state index is 2.58. The summed E-state index contributed by atoms with van der Waals surface area (Å²) >= 11 is 3.86. The number of hydrogen-bond donors (Lipinski definition) is 0. The fourth-order valence-corrected chi connectivity index (χ4v) is 9.86. The van der Waals surface area contributed by atoms with Crippen LogP contribution in [0.2, 0.25) is 0 Å². The van der Waals surface area contributed by atoms with E-state index in [0.29, 0.717) is 0 Å². The van der Waals surface area contributed by atoms with E-state index in [0.717, 1.165) is 0 Å². The zero-order valence-corrected chi connectivity index (χ0v) is 23.7. The Kier molecular flexibility index (Phi) is 3.90. The van der Waals surface area contributed by atoms with Crippen LogP contribution < -0.4 is 0 Å². The Morgan fingerprint density at radius 1 is 0.600 bits per heavy atom. The molecule has 0 atom stereocenters. The van der Waals surface area contributed by atoms with Crippen LogP contribution in [0, 0.1) is 0 Å². The first kappa shape index (κ1) is 21.7. The molecule has 0 bridgehead atoms. The van der Waals surface area contributed by atoms with E-state index in [9.17, 15) is 0 Å². The topological polar surface area (TPSA) is 4.93 Å². The predicted molar refractivity (Wildman–Crippen MR) is 173 cm³/mol. The van der Waals surface area contributed by atoms with Gasteiger partial charge in [-0.3, -0.25) is 0 Å². The molecule has 188 valence electrons. The number of benzene rings is 6. The summed E-state index contributed by atoms with van der Waals surface area (Å²) < 4.78 is 5.32. The summed E-state index contributed by atoms with van der Waals surface area (Å²) in [5.41, 5.74) is 9.53. The number of fused-ring (bicyclic) bond motifs is 13. The summed E-state index contributed by atoms with van der Waals surface area (Å²) in [6, 6.07) is 39.0. The molecular weight excluding hydrogens is 523 g/mol. The van der Waals surface area contributed by atoms with Gasteiger partial charge in [0, 0.05) is 46.2 Å². The van der Waals surface area contributed by atoms with E-state index >= 15 is 0 Å². The molecule has 0 N–H and O–H groups in total. The van der Waals surface area contributed by atoms with Gasteiger partial charge < -0.3 is 4.57 Å². The van der Waals surface area contributed by atoms with Gasteiger partial charge in [-0.25, -0.2) is 0 Å². The summed E-state index contributed by atoms with van der Waals surface area (Å²) in [7, 11) is 0. The Morgan fingerprint density at radius 3 is 2.27 bits per heavy atom. The highest BCUT2D eigenvalue weighted by atomic mass is 32.2. The number of aromatic nitrogens is 1. The van der Waals surface area contributed by atoms with Gasteiger partial charge in [0.25, 0.3) is 0 Å². The van der Waals surface area contributed by atoms with Gasteiger partial charge in [-0.2, -0.15) is 0 Å². The van der Waals surface area contributed by atoms with Crippen molar-refractivity contribution in [1.29, 1.82) is 0 Å². The maximum Gasteiger partial charge on any atom is 0.0688 e. The van der Waals surface area contributed by atoms with Gasteiger partial charge in [-0.15, -0.1) is 11.3 Å². The smallest absolute Gasteiger partial charge is 0.0688 e. The molecule has 0 spiro atoms. The van der Waals surface area contributed by atoms with Gasteiger partial charge in [-0.1, -0.05) is 92.3 Å². The van der Waals surface area contributed by atoms with Crippen LogP contribution in [0.15, 0.2) is 113 Å². The number of thiophene rings is 1. The van der Waals surface area contributed by atoms with Crippen molar-refractivity contribution in [3.63, 3.8) is 0 Å². The molecule has 0 unspecified atom stereocenters. The monoisotopic (exact) mass is 545 g/mol. The van der Waals surface area contributed by atoms with Gasteiger partial charge >= 0.3 is 0 Å². The molecular formula is C37H23NS2. The second kappa shape index (κ2) is 7.17. The summed E-state index contributed by atoms with van der Waals surface area (Å²) in [5.74, 6) is 0. The average molecular weight is 546 g/mol. The molecule has 1 aliphatic heterocycles. The molecule has 0 fully saturated rings. The number of hydrogen-bond acceptors (Lipinski definition) is 2. The first-order valence-electron chi connectivity index (χ1n) is 13.9. The van der Waals surface area contributed by atoms with Crippen molar-refractivity contribution in [3.05, 3.63) is 114 Å². The maximum atomic E-state index is 2.58. The second-order valence-corrected chi connectivity index (χ2v) is 13.9. The largest absolute Gasteiger partial charge is 0.307 e. The normalized spacial score (nSPS) is 14.8. The highest BCUT2D eigenvalue weighted by Crippen LogP contribution is 2.55. The van der Waals surface area contributed by atoms with E-state index in [1.807, 2.05) is 23.1 Å². The van der Waals surface area contributed by atoms with Crippen LogP contribution >= 0.6 is 23.1 Å². The summed E-state index contributed by atoms with van der Waals surface area (Å²) in [6.07, 6.45) is 0. The average Bonchev–Trinajstić information content (AvgIpc) is 3.58. The van der Waals surface area contributed by atoms with Gasteiger partial charge in [-0.05, 0) is 69.4 Å². The first-order chi connectivity index (χ1) is 19.6. The van der Waals surface area contributed by atoms with Crippen LogP contribution in [0.25, 0.3) is 69.6 Å². The van der Waals surface area contributed by atoms with Crippen molar-refractivity contribution < 1.29 is 0 Å². The quantitative estimate of drug-likeness (QED) is 0.183. The lowest BCUT2D eigenvalue weighted by atomic mass is 9.82. The second-order valence-electron chi connectivity index (χ2n) is 11.8. The Morgan fingerprint density at radius 2 is 1.38 bits per heavy atom. The first-order valence-corrected chi connectivity index (χ1v) is 15.5. The van der Waals surface area contributed by atoms with Gasteiger partial charge in [0.15, 0.2) is 0 Å². The van der Waals surface area contributed by atoms with E-state index < -0.39 is 0 Å². The van der Waals surface area contributed by atoms with E-state index in [2.05, 4.69) is 122 Å². The van der Waals surface area contributed by atoms with E-state index in [-0.39, 0.29) is 5.41 Å². The van der Waals surface area contributed by atoms with Crippen LogP contribution in [0.5, 0.6) is 0 Å². The van der Waals surface area contributed by atoms with Crippen molar-refractivity contribution in [2.75, 3.05) is 0 Å². The Bertz CT molecular complexity index is 2440. The van der Waals surface area contributed by atoms with Crippen molar-refractivity contribution in [1.82, 2.24) is 4.57 Å². The molecule has 10 rings (SSSR count). The zero-order chi connectivity index (χ0) is 26.3. The molecule has 6 aromatic carbocycles. The molecule has 0 amide bonds. The molecule has 2 aliphatic rings. The highest BCUT2D eigenvalue weighted by molar-refractivity contribution is 7.99. The minimum Gasteiger partial charge on any atom is -0.307 e. The third-order valence-electron chi connectivity index (χ3n) is 9.33. The van der Waals surface area contributed by atoms with Crippen molar-refractivity contribution in [2.45, 2.75) is 29.1 Å². The predicted octanol–water partition coefficient (Wildman–Crippen LogP) is 11.1. The van der Waals surface area contributed by atoms with E-state index in [1.54, 1.807) is 0 Å². The summed E-state index contributed by atoms with van der Waals surface area (Å²) in [5, 5.41) is 8.12. The fraction of sp³-hybridized carbons (Fsp3) is 0.0811. The van der Waals surface area contributed by atoms with Crippen LogP contribution in [0.3, 0.4) is 0 Å². The van der Waals surface area contributed by atoms with Crippen molar-refractivity contribution >= 4 is 75.8 Å². The molecule has 3 heterocycles. The minimum atomic E-state index is -0.0367.